The first kappa shape index (κ1) is 19.7. The van der Waals surface area contributed by atoms with Crippen LogP contribution in [0.2, 0.25) is 5.02 Å². The lowest BCUT2D eigenvalue weighted by molar-refractivity contribution is -0.139. The molecule has 1 atom stereocenters. The molecule has 1 aromatic carbocycles. The molecule has 1 unspecified atom stereocenters. The second-order valence-electron chi connectivity index (χ2n) is 4.52. The molecule has 5 nitrogen and oxygen atoms in total. The summed E-state index contributed by atoms with van der Waals surface area (Å²) in [4.78, 5) is 22.7. The van der Waals surface area contributed by atoms with Gasteiger partial charge >= 0.3 is 5.97 Å². The lowest BCUT2D eigenvalue weighted by Crippen LogP contribution is -2.41. The zero-order valence-corrected chi connectivity index (χ0v) is 13.6. The summed E-state index contributed by atoms with van der Waals surface area (Å²) < 4.78 is 0. The van der Waals surface area contributed by atoms with Gasteiger partial charge < -0.3 is 10.4 Å². The average molecular weight is 335 g/mol. The molecule has 1 rings (SSSR count). The van der Waals surface area contributed by atoms with Crippen LogP contribution in [0.3, 0.4) is 0 Å². The van der Waals surface area contributed by atoms with Crippen LogP contribution in [0.5, 0.6) is 0 Å². The van der Waals surface area contributed by atoms with Crippen molar-refractivity contribution < 1.29 is 14.7 Å². The molecular weight excluding hydrogens is 315 g/mol. The van der Waals surface area contributed by atoms with Crippen molar-refractivity contribution in [1.29, 1.82) is 0 Å². The fourth-order valence-electron chi connectivity index (χ4n) is 1.75. The highest BCUT2D eigenvalue weighted by Crippen LogP contribution is 2.22. The van der Waals surface area contributed by atoms with Crippen molar-refractivity contribution in [3.8, 4) is 0 Å². The maximum atomic E-state index is 11.8. The molecule has 0 saturated carbocycles. The van der Waals surface area contributed by atoms with Gasteiger partial charge in [0.15, 0.2) is 0 Å². The van der Waals surface area contributed by atoms with Crippen LogP contribution in [-0.2, 0) is 9.59 Å². The maximum absolute atomic E-state index is 11.8. The zero-order valence-electron chi connectivity index (χ0n) is 12.0. The minimum Gasteiger partial charge on any atom is -0.480 e. The highest BCUT2D eigenvalue weighted by Gasteiger charge is 2.17. The van der Waals surface area contributed by atoms with Gasteiger partial charge in [-0.25, -0.2) is 0 Å². The number of hydrogen-bond acceptors (Lipinski definition) is 3. The van der Waals surface area contributed by atoms with E-state index < -0.39 is 12.0 Å². The zero-order chi connectivity index (χ0) is 15.1. The number of anilines is 1. The largest absolute Gasteiger partial charge is 0.480 e. The molecule has 0 aromatic heterocycles. The topological polar surface area (TPSA) is 78.4 Å². The van der Waals surface area contributed by atoms with Crippen LogP contribution in [0.1, 0.15) is 25.3 Å². The predicted octanol–water partition coefficient (Wildman–Crippen LogP) is 2.85. The number of halogens is 2. The fourth-order valence-corrected chi connectivity index (χ4v) is 1.93. The first-order valence-electron chi connectivity index (χ1n) is 6.46. The van der Waals surface area contributed by atoms with Crippen molar-refractivity contribution in [2.24, 2.45) is 0 Å². The first-order chi connectivity index (χ1) is 9.45. The number of carboxylic acid groups (broad SMARTS) is 1. The number of amides is 1. The predicted molar refractivity (Wildman–Crippen MR) is 86.4 cm³/mol. The van der Waals surface area contributed by atoms with Crippen molar-refractivity contribution in [2.75, 3.05) is 11.9 Å². The molecule has 1 amide bonds. The molecule has 1 aromatic rings. The number of aliphatic carboxylic acids is 1. The van der Waals surface area contributed by atoms with E-state index in [1.807, 2.05) is 13.8 Å². The van der Waals surface area contributed by atoms with Gasteiger partial charge in [0.1, 0.15) is 6.04 Å². The van der Waals surface area contributed by atoms with Gasteiger partial charge in [0.25, 0.3) is 0 Å². The second kappa shape index (κ2) is 9.60. The molecule has 0 aliphatic heterocycles. The minimum absolute atomic E-state index is 0. The van der Waals surface area contributed by atoms with E-state index in [9.17, 15) is 9.59 Å². The Labute approximate surface area is 135 Å². The molecule has 118 valence electrons. The molecule has 7 heteroatoms. The quantitative estimate of drug-likeness (QED) is 0.716. The summed E-state index contributed by atoms with van der Waals surface area (Å²) in [5.41, 5.74) is 1.41. The Morgan fingerprint density at radius 1 is 1.38 bits per heavy atom. The van der Waals surface area contributed by atoms with E-state index in [-0.39, 0.29) is 24.9 Å². The maximum Gasteiger partial charge on any atom is 0.320 e. The summed E-state index contributed by atoms with van der Waals surface area (Å²) in [5, 5.41) is 15.0. The molecule has 0 aliphatic carbocycles. The Kier molecular flexibility index (Phi) is 9.01. The van der Waals surface area contributed by atoms with Gasteiger partial charge in [-0.3, -0.25) is 14.9 Å². The van der Waals surface area contributed by atoms with Gasteiger partial charge in [-0.15, -0.1) is 12.4 Å². The SMILES string of the molecule is CCCC(NCC(=O)Nc1cccc(Cl)c1C)C(=O)O.Cl. The number of rotatable bonds is 7. The third kappa shape index (κ3) is 6.33. The smallest absolute Gasteiger partial charge is 0.320 e. The van der Waals surface area contributed by atoms with Crippen LogP contribution in [0.25, 0.3) is 0 Å². The molecule has 0 aliphatic rings. The van der Waals surface area contributed by atoms with Crippen molar-refractivity contribution in [1.82, 2.24) is 5.32 Å². The normalized spacial score (nSPS) is 11.4. The lowest BCUT2D eigenvalue weighted by atomic mass is 10.1. The van der Waals surface area contributed by atoms with Crippen LogP contribution in [0, 0.1) is 6.92 Å². The Morgan fingerprint density at radius 3 is 2.62 bits per heavy atom. The molecule has 3 N–H and O–H groups in total. The summed E-state index contributed by atoms with van der Waals surface area (Å²) in [6.45, 7) is 3.65. The molecule has 0 heterocycles. The van der Waals surface area contributed by atoms with Crippen molar-refractivity contribution in [3.63, 3.8) is 0 Å². The highest BCUT2D eigenvalue weighted by molar-refractivity contribution is 6.31. The summed E-state index contributed by atoms with van der Waals surface area (Å²) in [5.74, 6) is -1.24. The van der Waals surface area contributed by atoms with Gasteiger partial charge in [-0.2, -0.15) is 0 Å². The molecule has 0 fully saturated rings. The van der Waals surface area contributed by atoms with Crippen LogP contribution in [0.15, 0.2) is 18.2 Å². The van der Waals surface area contributed by atoms with Crippen LogP contribution in [-0.4, -0.2) is 29.6 Å². The summed E-state index contributed by atoms with van der Waals surface area (Å²) >= 11 is 5.96. The van der Waals surface area contributed by atoms with E-state index in [2.05, 4.69) is 10.6 Å². The molecule has 0 saturated heterocycles. The standard InChI is InChI=1S/C14H19ClN2O3.ClH/c1-3-5-12(14(19)20)16-8-13(18)17-11-7-4-6-10(15)9(11)2;/h4,6-7,12,16H,3,5,8H2,1-2H3,(H,17,18)(H,19,20);1H. The van der Waals surface area contributed by atoms with Gasteiger partial charge in [0.2, 0.25) is 5.91 Å². The van der Waals surface area contributed by atoms with E-state index in [1.165, 1.54) is 0 Å². The van der Waals surface area contributed by atoms with Crippen LogP contribution < -0.4 is 10.6 Å². The number of hydrogen-bond donors (Lipinski definition) is 3. The van der Waals surface area contributed by atoms with E-state index in [1.54, 1.807) is 18.2 Å². The van der Waals surface area contributed by atoms with Crippen molar-refractivity contribution in [2.45, 2.75) is 32.7 Å². The number of carbonyl (C=O) groups is 2. The molecule has 0 bridgehead atoms. The Hall–Kier alpha value is -1.30. The molecule has 0 spiro atoms. The third-order valence-corrected chi connectivity index (χ3v) is 3.34. The fraction of sp³-hybridized carbons (Fsp3) is 0.429. The summed E-state index contributed by atoms with van der Waals surface area (Å²) in [6, 6.07) is 4.54. The van der Waals surface area contributed by atoms with Crippen molar-refractivity contribution in [3.05, 3.63) is 28.8 Å². The monoisotopic (exact) mass is 334 g/mol. The number of carbonyl (C=O) groups excluding carboxylic acids is 1. The Morgan fingerprint density at radius 2 is 2.05 bits per heavy atom. The van der Waals surface area contributed by atoms with Crippen LogP contribution in [0.4, 0.5) is 5.69 Å². The third-order valence-electron chi connectivity index (χ3n) is 2.93. The Bertz CT molecular complexity index is 495. The summed E-state index contributed by atoms with van der Waals surface area (Å²) in [7, 11) is 0. The van der Waals surface area contributed by atoms with Gasteiger partial charge in [-0.05, 0) is 31.0 Å². The Balaban J connectivity index is 0.00000400. The van der Waals surface area contributed by atoms with Crippen LogP contribution >= 0.6 is 24.0 Å². The van der Waals surface area contributed by atoms with E-state index in [0.29, 0.717) is 17.1 Å². The summed E-state index contributed by atoms with van der Waals surface area (Å²) in [6.07, 6.45) is 1.22. The molecule has 21 heavy (non-hydrogen) atoms. The lowest BCUT2D eigenvalue weighted by Gasteiger charge is -2.14. The minimum atomic E-state index is -0.946. The first-order valence-corrected chi connectivity index (χ1v) is 6.84. The average Bonchev–Trinajstić information content (AvgIpc) is 2.39. The van der Waals surface area contributed by atoms with Gasteiger partial charge in [0, 0.05) is 10.7 Å². The van der Waals surface area contributed by atoms with Gasteiger partial charge in [-0.1, -0.05) is 31.0 Å². The van der Waals surface area contributed by atoms with E-state index in [0.717, 1.165) is 12.0 Å². The van der Waals surface area contributed by atoms with E-state index >= 15 is 0 Å². The second-order valence-corrected chi connectivity index (χ2v) is 4.93. The van der Waals surface area contributed by atoms with Crippen molar-refractivity contribution >= 4 is 41.6 Å². The number of nitrogens with one attached hydrogen (secondary N) is 2. The highest BCUT2D eigenvalue weighted by atomic mass is 35.5. The number of benzene rings is 1. The molecule has 0 radical (unpaired) electrons. The van der Waals surface area contributed by atoms with Gasteiger partial charge in [0.05, 0.1) is 6.54 Å². The van der Waals surface area contributed by atoms with E-state index in [4.69, 9.17) is 16.7 Å². The number of carboxylic acids is 1. The molecular formula is C14H20Cl2N2O3.